The Labute approximate surface area is 199 Å². The molecule has 7 heteroatoms. The zero-order valence-corrected chi connectivity index (χ0v) is 20.9. The molecule has 1 unspecified atom stereocenters. The fourth-order valence-corrected chi connectivity index (χ4v) is 4.45. The van der Waals surface area contributed by atoms with Crippen molar-refractivity contribution in [2.24, 2.45) is 4.99 Å². The molecule has 2 aliphatic rings. The minimum atomic E-state index is 0. The Kier molecular flexibility index (Phi) is 12.8. The number of furan rings is 1. The number of halogens is 1. The van der Waals surface area contributed by atoms with Crippen molar-refractivity contribution in [2.45, 2.75) is 76.4 Å². The maximum Gasteiger partial charge on any atom is 0.191 e. The first kappa shape index (κ1) is 25.5. The van der Waals surface area contributed by atoms with Gasteiger partial charge < -0.3 is 19.8 Å². The number of likely N-dealkylation sites (tertiary alicyclic amines) is 1. The zero-order chi connectivity index (χ0) is 20.2. The minimum Gasteiger partial charge on any atom is -0.468 e. The van der Waals surface area contributed by atoms with Crippen molar-refractivity contribution in [1.29, 1.82) is 0 Å². The number of aliphatic imine (C=N–C) groups is 1. The molecule has 1 saturated carbocycles. The van der Waals surface area contributed by atoms with Gasteiger partial charge in [0.15, 0.2) is 5.96 Å². The van der Waals surface area contributed by atoms with Gasteiger partial charge in [0.05, 0.1) is 18.4 Å². The first-order chi connectivity index (χ1) is 14.4. The number of nitrogens with one attached hydrogen (secondary N) is 2. The average Bonchev–Trinajstić information content (AvgIpc) is 3.41. The summed E-state index contributed by atoms with van der Waals surface area (Å²) in [4.78, 5) is 6.89. The Morgan fingerprint density at radius 2 is 1.90 bits per heavy atom. The van der Waals surface area contributed by atoms with Crippen molar-refractivity contribution < 1.29 is 9.15 Å². The van der Waals surface area contributed by atoms with Crippen LogP contribution < -0.4 is 10.6 Å². The van der Waals surface area contributed by atoms with Crippen LogP contribution in [0, 0.1) is 0 Å². The van der Waals surface area contributed by atoms with E-state index < -0.39 is 0 Å². The van der Waals surface area contributed by atoms with E-state index in [1.165, 1.54) is 51.4 Å². The molecular formula is C23H41IN4O2. The molecule has 1 atom stereocenters. The summed E-state index contributed by atoms with van der Waals surface area (Å²) in [5, 5.41) is 6.93. The molecule has 1 aromatic heterocycles. The maximum absolute atomic E-state index is 6.08. The monoisotopic (exact) mass is 532 g/mol. The quantitative estimate of drug-likeness (QED) is 0.150. The summed E-state index contributed by atoms with van der Waals surface area (Å²) >= 11 is 0. The van der Waals surface area contributed by atoms with Gasteiger partial charge >= 0.3 is 0 Å². The topological polar surface area (TPSA) is 62.0 Å². The Bertz CT molecular complexity index is 568. The second-order valence-corrected chi connectivity index (χ2v) is 8.35. The number of hydrogen-bond donors (Lipinski definition) is 2. The Balaban J connectivity index is 0.00000320. The lowest BCUT2D eigenvalue weighted by Gasteiger charge is -2.26. The van der Waals surface area contributed by atoms with Crippen LogP contribution in [-0.2, 0) is 4.74 Å². The van der Waals surface area contributed by atoms with Gasteiger partial charge in [-0.25, -0.2) is 0 Å². The number of hydrogen-bond acceptors (Lipinski definition) is 4. The third-order valence-electron chi connectivity index (χ3n) is 6.16. The molecule has 0 amide bonds. The van der Waals surface area contributed by atoms with Gasteiger partial charge in [-0.05, 0) is 63.7 Å². The molecule has 3 rings (SSSR count). The van der Waals surface area contributed by atoms with Crippen molar-refractivity contribution in [3.63, 3.8) is 0 Å². The van der Waals surface area contributed by atoms with Gasteiger partial charge in [0.1, 0.15) is 5.76 Å². The standard InChI is InChI=1S/C23H40N4O2.HI/c1-24-23(25-14-6-9-17-28-20-11-4-2-3-5-12-20)26-19-21(22-13-10-18-29-22)27-15-7-8-16-27;/h10,13,18,20-21H,2-9,11-12,14-17,19H2,1H3,(H2,24,25,26);1H. The molecule has 0 spiro atoms. The Hall–Kier alpha value is -0.800. The summed E-state index contributed by atoms with van der Waals surface area (Å²) in [6.07, 6.45) is 15.0. The fraction of sp³-hybridized carbons (Fsp3) is 0.783. The number of ether oxygens (including phenoxy) is 1. The van der Waals surface area contributed by atoms with Crippen molar-refractivity contribution in [2.75, 3.05) is 39.8 Å². The smallest absolute Gasteiger partial charge is 0.191 e. The number of guanidine groups is 1. The predicted molar refractivity (Wildman–Crippen MR) is 134 cm³/mol. The van der Waals surface area contributed by atoms with Crippen molar-refractivity contribution in [3.05, 3.63) is 24.2 Å². The van der Waals surface area contributed by atoms with E-state index in [0.717, 1.165) is 57.3 Å². The summed E-state index contributed by atoms with van der Waals surface area (Å²) in [6.45, 7) is 4.88. The summed E-state index contributed by atoms with van der Waals surface area (Å²) in [7, 11) is 1.84. The van der Waals surface area contributed by atoms with Crippen LogP contribution in [0.5, 0.6) is 0 Å². The van der Waals surface area contributed by atoms with Crippen LogP contribution in [-0.4, -0.2) is 56.8 Å². The molecule has 1 aliphatic heterocycles. The van der Waals surface area contributed by atoms with E-state index in [4.69, 9.17) is 9.15 Å². The summed E-state index contributed by atoms with van der Waals surface area (Å²) < 4.78 is 11.8. The molecule has 0 aromatic carbocycles. The van der Waals surface area contributed by atoms with Gasteiger partial charge in [0, 0.05) is 26.7 Å². The second-order valence-electron chi connectivity index (χ2n) is 8.35. The van der Waals surface area contributed by atoms with E-state index in [1.54, 1.807) is 6.26 Å². The second kappa shape index (κ2) is 15.1. The molecule has 2 N–H and O–H groups in total. The third-order valence-corrected chi connectivity index (χ3v) is 6.16. The molecule has 1 aliphatic carbocycles. The van der Waals surface area contributed by atoms with Crippen LogP contribution in [0.25, 0.3) is 0 Å². The van der Waals surface area contributed by atoms with Gasteiger partial charge in [-0.3, -0.25) is 9.89 Å². The number of nitrogens with zero attached hydrogens (tertiary/aromatic N) is 2. The van der Waals surface area contributed by atoms with E-state index in [2.05, 4.69) is 26.6 Å². The summed E-state index contributed by atoms with van der Waals surface area (Å²) in [5.41, 5.74) is 0. The SMILES string of the molecule is CN=C(NCCCCOC1CCCCCC1)NCC(c1ccco1)N1CCCC1.I. The normalized spacial score (nSPS) is 19.8. The molecule has 172 valence electrons. The van der Waals surface area contributed by atoms with Crippen LogP contribution >= 0.6 is 24.0 Å². The molecule has 1 aromatic rings. The molecular weight excluding hydrogens is 491 g/mol. The Morgan fingerprint density at radius 3 is 2.57 bits per heavy atom. The number of rotatable bonds is 10. The molecule has 30 heavy (non-hydrogen) atoms. The van der Waals surface area contributed by atoms with Crippen molar-refractivity contribution >= 4 is 29.9 Å². The van der Waals surface area contributed by atoms with Gasteiger partial charge in [-0.1, -0.05) is 25.7 Å². The highest BCUT2D eigenvalue weighted by Gasteiger charge is 2.25. The Morgan fingerprint density at radius 1 is 1.13 bits per heavy atom. The van der Waals surface area contributed by atoms with Crippen LogP contribution in [0.15, 0.2) is 27.8 Å². The van der Waals surface area contributed by atoms with E-state index >= 15 is 0 Å². The van der Waals surface area contributed by atoms with Gasteiger partial charge in [0.2, 0.25) is 0 Å². The van der Waals surface area contributed by atoms with E-state index in [1.807, 2.05) is 13.1 Å². The maximum atomic E-state index is 6.08. The first-order valence-electron chi connectivity index (χ1n) is 11.7. The zero-order valence-electron chi connectivity index (χ0n) is 18.6. The lowest BCUT2D eigenvalue weighted by atomic mass is 10.1. The molecule has 1 saturated heterocycles. The first-order valence-corrected chi connectivity index (χ1v) is 11.7. The van der Waals surface area contributed by atoms with Crippen molar-refractivity contribution in [3.8, 4) is 0 Å². The van der Waals surface area contributed by atoms with Crippen LogP contribution in [0.2, 0.25) is 0 Å². The molecule has 2 heterocycles. The minimum absolute atomic E-state index is 0. The van der Waals surface area contributed by atoms with Crippen molar-refractivity contribution in [1.82, 2.24) is 15.5 Å². The molecule has 0 bridgehead atoms. The predicted octanol–water partition coefficient (Wildman–Crippen LogP) is 4.72. The highest BCUT2D eigenvalue weighted by molar-refractivity contribution is 14.0. The van der Waals surface area contributed by atoms with Gasteiger partial charge in [0.25, 0.3) is 0 Å². The number of unbranched alkanes of at least 4 members (excludes halogenated alkanes) is 1. The molecule has 0 radical (unpaired) electrons. The highest BCUT2D eigenvalue weighted by Crippen LogP contribution is 2.24. The largest absolute Gasteiger partial charge is 0.468 e. The van der Waals surface area contributed by atoms with Crippen LogP contribution in [0.1, 0.15) is 76.0 Å². The lowest BCUT2D eigenvalue weighted by molar-refractivity contribution is 0.0411. The van der Waals surface area contributed by atoms with Crippen LogP contribution in [0.3, 0.4) is 0 Å². The van der Waals surface area contributed by atoms with Gasteiger partial charge in [-0.2, -0.15) is 0 Å². The van der Waals surface area contributed by atoms with Crippen LogP contribution in [0.4, 0.5) is 0 Å². The lowest BCUT2D eigenvalue weighted by Crippen LogP contribution is -2.42. The average molecular weight is 533 g/mol. The van der Waals surface area contributed by atoms with E-state index in [0.29, 0.717) is 6.10 Å². The van der Waals surface area contributed by atoms with Gasteiger partial charge in [-0.15, -0.1) is 24.0 Å². The summed E-state index contributed by atoms with van der Waals surface area (Å²) in [6, 6.07) is 4.32. The molecule has 6 nitrogen and oxygen atoms in total. The molecule has 2 fully saturated rings. The summed E-state index contributed by atoms with van der Waals surface area (Å²) in [5.74, 6) is 1.90. The fourth-order valence-electron chi connectivity index (χ4n) is 4.45. The van der Waals surface area contributed by atoms with E-state index in [-0.39, 0.29) is 30.0 Å². The van der Waals surface area contributed by atoms with E-state index in [9.17, 15) is 0 Å². The highest BCUT2D eigenvalue weighted by atomic mass is 127. The third kappa shape index (κ3) is 8.75.